The zero-order valence-electron chi connectivity index (χ0n) is 21.6. The van der Waals surface area contributed by atoms with Crippen molar-refractivity contribution in [3.05, 3.63) is 40.4 Å². The number of carbonyl (C=O) groups excluding carboxylic acids is 2. The molecule has 1 saturated carbocycles. The van der Waals surface area contributed by atoms with Gasteiger partial charge in [-0.05, 0) is 73.6 Å². The van der Waals surface area contributed by atoms with Gasteiger partial charge in [-0.2, -0.15) is 0 Å². The normalized spacial score (nSPS) is 30.3. The number of aliphatic hydroxyl groups is 1. The van der Waals surface area contributed by atoms with Gasteiger partial charge in [-0.3, -0.25) is 14.9 Å². The topological polar surface area (TPSA) is 91.8 Å². The van der Waals surface area contributed by atoms with Crippen LogP contribution in [0.2, 0.25) is 0 Å². The van der Waals surface area contributed by atoms with Crippen LogP contribution in [0.4, 0.5) is 5.13 Å². The standard InChI is InChI=1S/C28H37N3O4S/c1-16(26(34)31-13-5-6-14-31)20-11-12-28(3)15-21-23(17(2)22(28)24(20)32)29-27(36-21)30-25(33)18-7-9-19(35-4)10-8-18/h7-10,16-17,20,22,24,32H,5-6,11-15H2,1-4H3,(H,29,30,33)/t16-,17-,20?,22+,24-,28-/m0/s1. The van der Waals surface area contributed by atoms with Crippen molar-refractivity contribution in [2.45, 2.75) is 64.9 Å². The molecule has 2 amide bonds. The zero-order chi connectivity index (χ0) is 25.6. The van der Waals surface area contributed by atoms with Gasteiger partial charge in [-0.1, -0.05) is 20.8 Å². The molecule has 1 aliphatic heterocycles. The number of nitrogens with zero attached hydrogens (tertiary/aromatic N) is 2. The van der Waals surface area contributed by atoms with E-state index in [4.69, 9.17) is 9.72 Å². The first-order valence-electron chi connectivity index (χ1n) is 13.1. The van der Waals surface area contributed by atoms with E-state index in [9.17, 15) is 14.7 Å². The number of hydrogen-bond acceptors (Lipinski definition) is 6. The number of anilines is 1. The first-order chi connectivity index (χ1) is 17.2. The van der Waals surface area contributed by atoms with E-state index in [2.05, 4.69) is 19.2 Å². The first kappa shape index (κ1) is 25.2. The summed E-state index contributed by atoms with van der Waals surface area (Å²) < 4.78 is 5.18. The monoisotopic (exact) mass is 511 g/mol. The van der Waals surface area contributed by atoms with Crippen molar-refractivity contribution in [1.82, 2.24) is 9.88 Å². The maximum atomic E-state index is 13.1. The average Bonchev–Trinajstić information content (AvgIpc) is 3.53. The van der Waals surface area contributed by atoms with Gasteiger partial charge in [0.2, 0.25) is 5.91 Å². The molecular weight excluding hydrogens is 474 g/mol. The van der Waals surface area contributed by atoms with Gasteiger partial charge in [0.1, 0.15) is 5.75 Å². The van der Waals surface area contributed by atoms with E-state index in [0.717, 1.165) is 50.9 Å². The average molecular weight is 512 g/mol. The van der Waals surface area contributed by atoms with Gasteiger partial charge in [0, 0.05) is 35.4 Å². The fourth-order valence-electron chi connectivity index (χ4n) is 6.92. The lowest BCUT2D eigenvalue weighted by atomic mass is 9.53. The van der Waals surface area contributed by atoms with Gasteiger partial charge >= 0.3 is 0 Å². The summed E-state index contributed by atoms with van der Waals surface area (Å²) in [6.07, 6.45) is 4.28. The number of methoxy groups -OCH3 is 1. The van der Waals surface area contributed by atoms with E-state index in [0.29, 0.717) is 16.4 Å². The van der Waals surface area contributed by atoms with Crippen LogP contribution in [0.3, 0.4) is 0 Å². The molecule has 2 heterocycles. The van der Waals surface area contributed by atoms with E-state index < -0.39 is 6.10 Å². The van der Waals surface area contributed by atoms with Crippen LogP contribution in [-0.2, 0) is 11.2 Å². The molecule has 8 heteroatoms. The predicted molar refractivity (Wildman–Crippen MR) is 140 cm³/mol. The lowest BCUT2D eigenvalue weighted by molar-refractivity contribution is -0.143. The van der Waals surface area contributed by atoms with E-state index >= 15 is 0 Å². The number of fused-ring (bicyclic) bond motifs is 2. The number of rotatable bonds is 5. The van der Waals surface area contributed by atoms with Crippen LogP contribution >= 0.6 is 11.3 Å². The number of aromatic nitrogens is 1. The SMILES string of the molecule is COc1ccc(C(=O)Nc2nc3c(s2)C[C@]2(C)CCC([C@H](C)C(=O)N4CCCC4)[C@H](O)[C@H]2[C@@H]3C)cc1. The summed E-state index contributed by atoms with van der Waals surface area (Å²) >= 11 is 1.54. The number of likely N-dealkylation sites (tertiary alicyclic amines) is 1. The van der Waals surface area contributed by atoms with Gasteiger partial charge in [0.15, 0.2) is 5.13 Å². The summed E-state index contributed by atoms with van der Waals surface area (Å²) in [4.78, 5) is 33.9. The molecule has 194 valence electrons. The molecule has 2 aromatic rings. The summed E-state index contributed by atoms with van der Waals surface area (Å²) in [6.45, 7) is 8.12. The Bertz CT molecular complexity index is 1130. The van der Waals surface area contributed by atoms with Gasteiger partial charge < -0.3 is 14.7 Å². The third-order valence-corrected chi connectivity index (χ3v) is 9.93. The number of ether oxygens (including phenoxy) is 1. The molecule has 1 unspecified atom stereocenters. The molecular formula is C28H37N3O4S. The quantitative estimate of drug-likeness (QED) is 0.606. The number of hydrogen-bond donors (Lipinski definition) is 2. The molecule has 2 fully saturated rings. The Morgan fingerprint density at radius 1 is 1.25 bits per heavy atom. The molecule has 3 aliphatic rings. The number of aliphatic hydroxyl groups excluding tert-OH is 1. The molecule has 0 spiro atoms. The van der Waals surface area contributed by atoms with E-state index in [1.54, 1.807) is 42.7 Å². The molecule has 1 saturated heterocycles. The second-order valence-corrected chi connectivity index (χ2v) is 12.3. The lowest BCUT2D eigenvalue weighted by Crippen LogP contribution is -2.53. The number of nitrogens with one attached hydrogen (secondary N) is 1. The summed E-state index contributed by atoms with van der Waals surface area (Å²) in [7, 11) is 1.60. The Hall–Kier alpha value is -2.45. The lowest BCUT2D eigenvalue weighted by Gasteiger charge is -2.53. The number of amides is 2. The highest BCUT2D eigenvalue weighted by atomic mass is 32.1. The second-order valence-electron chi connectivity index (χ2n) is 11.2. The van der Waals surface area contributed by atoms with Gasteiger partial charge in [0.25, 0.3) is 5.91 Å². The van der Waals surface area contributed by atoms with E-state index in [1.165, 1.54) is 4.88 Å². The molecule has 2 N–H and O–H groups in total. The van der Waals surface area contributed by atoms with Gasteiger partial charge in [0.05, 0.1) is 18.9 Å². The number of benzene rings is 1. The Labute approximate surface area is 217 Å². The highest BCUT2D eigenvalue weighted by molar-refractivity contribution is 7.15. The van der Waals surface area contributed by atoms with Crippen molar-refractivity contribution in [1.29, 1.82) is 0 Å². The summed E-state index contributed by atoms with van der Waals surface area (Å²) in [5.41, 5.74) is 1.47. The van der Waals surface area contributed by atoms with Crippen molar-refractivity contribution >= 4 is 28.3 Å². The van der Waals surface area contributed by atoms with Gasteiger partial charge in [-0.25, -0.2) is 4.98 Å². The van der Waals surface area contributed by atoms with Crippen LogP contribution in [0.1, 0.15) is 73.3 Å². The third kappa shape index (κ3) is 4.43. The Morgan fingerprint density at radius 2 is 1.94 bits per heavy atom. The van der Waals surface area contributed by atoms with E-state index in [-0.39, 0.29) is 40.9 Å². The molecule has 1 aromatic carbocycles. The molecule has 5 rings (SSSR count). The Balaban J connectivity index is 1.33. The number of carbonyl (C=O) groups is 2. The minimum absolute atomic E-state index is 0.0322. The minimum Gasteiger partial charge on any atom is -0.497 e. The maximum absolute atomic E-state index is 13.1. The van der Waals surface area contributed by atoms with Crippen LogP contribution in [0.25, 0.3) is 0 Å². The van der Waals surface area contributed by atoms with Crippen molar-refractivity contribution in [3.63, 3.8) is 0 Å². The molecule has 1 aromatic heterocycles. The van der Waals surface area contributed by atoms with Crippen LogP contribution in [0.5, 0.6) is 5.75 Å². The molecule has 6 atom stereocenters. The summed E-state index contributed by atoms with van der Waals surface area (Å²) in [5, 5.41) is 15.2. The second kappa shape index (κ2) is 9.78. The van der Waals surface area contributed by atoms with Crippen LogP contribution in [0, 0.1) is 23.2 Å². The molecule has 36 heavy (non-hydrogen) atoms. The first-order valence-corrected chi connectivity index (χ1v) is 14.0. The Morgan fingerprint density at radius 3 is 2.61 bits per heavy atom. The van der Waals surface area contributed by atoms with Gasteiger partial charge in [-0.15, -0.1) is 11.3 Å². The maximum Gasteiger partial charge on any atom is 0.257 e. The highest BCUT2D eigenvalue weighted by Crippen LogP contribution is 2.57. The molecule has 2 aliphatic carbocycles. The predicted octanol–water partition coefficient (Wildman–Crippen LogP) is 4.72. The fraction of sp³-hybridized carbons (Fsp3) is 0.607. The fourth-order valence-corrected chi connectivity index (χ4v) is 8.18. The van der Waals surface area contributed by atoms with Crippen LogP contribution < -0.4 is 10.1 Å². The zero-order valence-corrected chi connectivity index (χ0v) is 22.4. The minimum atomic E-state index is -0.549. The molecule has 7 nitrogen and oxygen atoms in total. The van der Waals surface area contributed by atoms with Crippen LogP contribution in [0.15, 0.2) is 24.3 Å². The van der Waals surface area contributed by atoms with Crippen molar-refractivity contribution in [2.24, 2.45) is 23.2 Å². The highest BCUT2D eigenvalue weighted by Gasteiger charge is 2.54. The third-order valence-electron chi connectivity index (χ3n) is 8.94. The molecule has 0 bridgehead atoms. The van der Waals surface area contributed by atoms with E-state index in [1.807, 2.05) is 11.8 Å². The number of thiazole rings is 1. The Kier molecular flexibility index (Phi) is 6.85. The smallest absolute Gasteiger partial charge is 0.257 e. The van der Waals surface area contributed by atoms with Crippen molar-refractivity contribution < 1.29 is 19.4 Å². The van der Waals surface area contributed by atoms with Crippen molar-refractivity contribution in [2.75, 3.05) is 25.5 Å². The largest absolute Gasteiger partial charge is 0.497 e. The summed E-state index contributed by atoms with van der Waals surface area (Å²) in [6, 6.07) is 7.01. The molecule has 0 radical (unpaired) electrons. The van der Waals surface area contributed by atoms with Crippen LogP contribution in [-0.4, -0.2) is 53.1 Å². The van der Waals surface area contributed by atoms with Crippen molar-refractivity contribution in [3.8, 4) is 5.75 Å². The summed E-state index contributed by atoms with van der Waals surface area (Å²) in [5.74, 6) is 0.572.